The number of nitrogens with one attached hydrogen (secondary N) is 2. The van der Waals surface area contributed by atoms with Crippen LogP contribution in [0.1, 0.15) is 70.6 Å². The number of hydrogen-bond acceptors (Lipinski definition) is 9. The van der Waals surface area contributed by atoms with E-state index in [9.17, 15) is 24.3 Å². The number of aromatic nitrogens is 2. The molecular weight excluding hydrogens is 646 g/mol. The number of hydrogen-bond donors (Lipinski definition) is 3. The van der Waals surface area contributed by atoms with Crippen LogP contribution in [0.2, 0.25) is 0 Å². The zero-order valence-electron chi connectivity index (χ0n) is 27.2. The molecule has 3 N–H and O–H groups in total. The first-order valence-electron chi connectivity index (χ1n) is 17.3. The molecule has 3 fully saturated rings. The molecule has 1 aromatic carbocycles. The smallest absolute Gasteiger partial charge is 0.408 e. The van der Waals surface area contributed by atoms with Crippen molar-refractivity contribution in [3.8, 4) is 16.5 Å². The molecular formula is C36H41N5O7S. The van der Waals surface area contributed by atoms with Crippen LogP contribution in [-0.2, 0) is 19.1 Å². The van der Waals surface area contributed by atoms with E-state index in [-0.39, 0.29) is 37.3 Å². The van der Waals surface area contributed by atoms with Gasteiger partial charge in [-0.2, -0.15) is 0 Å². The molecule has 0 unspecified atom stereocenters. The van der Waals surface area contributed by atoms with E-state index < -0.39 is 47.6 Å². The Kier molecular flexibility index (Phi) is 9.53. The topological polar surface area (TPSA) is 160 Å². The Morgan fingerprint density at radius 1 is 0.980 bits per heavy atom. The molecule has 2 aliphatic heterocycles. The molecule has 258 valence electrons. The van der Waals surface area contributed by atoms with Crippen molar-refractivity contribution in [2.75, 3.05) is 6.54 Å². The number of thiophene rings is 1. The van der Waals surface area contributed by atoms with Crippen molar-refractivity contribution in [1.82, 2.24) is 25.5 Å². The Morgan fingerprint density at radius 3 is 2.51 bits per heavy atom. The molecule has 0 spiro atoms. The predicted octanol–water partition coefficient (Wildman–Crippen LogP) is 5.22. The highest BCUT2D eigenvalue weighted by Gasteiger charge is 2.61. The number of amides is 3. The summed E-state index contributed by atoms with van der Waals surface area (Å²) in [5, 5.41) is 17.7. The highest BCUT2D eigenvalue weighted by Crippen LogP contribution is 2.45. The van der Waals surface area contributed by atoms with Crippen molar-refractivity contribution in [3.05, 3.63) is 53.9 Å². The van der Waals surface area contributed by atoms with Gasteiger partial charge in [0.1, 0.15) is 35.5 Å². The molecule has 3 aromatic rings. The highest BCUT2D eigenvalue weighted by atomic mass is 32.1. The van der Waals surface area contributed by atoms with Gasteiger partial charge in [0.2, 0.25) is 17.7 Å². The third kappa shape index (κ3) is 7.12. The zero-order valence-corrected chi connectivity index (χ0v) is 28.0. The molecule has 4 heterocycles. The van der Waals surface area contributed by atoms with Crippen molar-refractivity contribution >= 4 is 46.2 Å². The van der Waals surface area contributed by atoms with Crippen LogP contribution in [0.15, 0.2) is 53.9 Å². The second-order valence-electron chi connectivity index (χ2n) is 13.5. The summed E-state index contributed by atoms with van der Waals surface area (Å²) >= 11 is 1.50. The van der Waals surface area contributed by atoms with E-state index in [1.54, 1.807) is 0 Å². The zero-order chi connectivity index (χ0) is 34.0. The molecule has 4 aliphatic rings. The van der Waals surface area contributed by atoms with E-state index in [0.29, 0.717) is 29.6 Å². The number of carbonyl (C=O) groups excluding carboxylic acids is 3. The first kappa shape index (κ1) is 33.0. The van der Waals surface area contributed by atoms with Gasteiger partial charge >= 0.3 is 12.1 Å². The van der Waals surface area contributed by atoms with Crippen LogP contribution < -0.4 is 15.4 Å². The number of fused-ring (bicyclic) bond motifs is 3. The van der Waals surface area contributed by atoms with Crippen LogP contribution in [-0.4, -0.2) is 80.2 Å². The second-order valence-corrected chi connectivity index (χ2v) is 14.4. The van der Waals surface area contributed by atoms with Gasteiger partial charge in [0, 0.05) is 12.3 Å². The van der Waals surface area contributed by atoms with E-state index >= 15 is 0 Å². The van der Waals surface area contributed by atoms with Crippen LogP contribution in [0, 0.1) is 5.92 Å². The Hall–Kier alpha value is -4.52. The van der Waals surface area contributed by atoms with Crippen LogP contribution in [0.3, 0.4) is 0 Å². The van der Waals surface area contributed by atoms with Crippen LogP contribution in [0.5, 0.6) is 5.88 Å². The van der Waals surface area contributed by atoms with Crippen molar-refractivity contribution in [3.63, 3.8) is 0 Å². The number of benzene rings is 1. The summed E-state index contributed by atoms with van der Waals surface area (Å²) in [6.45, 7) is 0.0363. The molecule has 7 rings (SSSR count). The molecule has 5 atom stereocenters. The van der Waals surface area contributed by atoms with Gasteiger partial charge in [-0.15, -0.1) is 11.3 Å². The molecule has 1 saturated heterocycles. The fraction of sp³-hybridized carbons (Fsp3) is 0.500. The number of nitrogens with zero attached hydrogens (tertiary/aromatic N) is 3. The number of allylic oxidation sites excluding steroid dienone is 1. The lowest BCUT2D eigenvalue weighted by Gasteiger charge is -2.29. The largest absolute Gasteiger partial charge is 0.479 e. The fourth-order valence-electron chi connectivity index (χ4n) is 7.28. The normalized spacial score (nSPS) is 27.8. The first-order chi connectivity index (χ1) is 23.8. The quantitative estimate of drug-likeness (QED) is 0.295. The molecule has 3 amide bonds. The van der Waals surface area contributed by atoms with E-state index in [1.165, 1.54) is 16.2 Å². The molecule has 2 aromatic heterocycles. The Balaban J connectivity index is 1.19. The minimum atomic E-state index is -1.43. The maximum atomic E-state index is 14.4. The fourth-order valence-corrected chi connectivity index (χ4v) is 7.98. The van der Waals surface area contributed by atoms with Crippen LogP contribution >= 0.6 is 11.3 Å². The van der Waals surface area contributed by atoms with Gasteiger partial charge in [-0.25, -0.2) is 19.6 Å². The summed E-state index contributed by atoms with van der Waals surface area (Å²) in [4.78, 5) is 65.8. The van der Waals surface area contributed by atoms with Crippen molar-refractivity contribution in [1.29, 1.82) is 0 Å². The third-order valence-electron chi connectivity index (χ3n) is 10.1. The number of alkyl carbamates (subject to hydrolysis) is 1. The molecule has 12 nitrogen and oxygen atoms in total. The number of carboxylic acids is 1. The Morgan fingerprint density at radius 2 is 1.76 bits per heavy atom. The number of carboxylic acid groups (broad SMARTS) is 1. The number of para-hydroxylation sites is 2. The molecule has 13 heteroatoms. The summed E-state index contributed by atoms with van der Waals surface area (Å²) < 4.78 is 12.2. The molecule has 0 bridgehead atoms. The summed E-state index contributed by atoms with van der Waals surface area (Å²) in [7, 11) is 0. The van der Waals surface area contributed by atoms with Gasteiger partial charge in [-0.05, 0) is 74.9 Å². The van der Waals surface area contributed by atoms with Gasteiger partial charge < -0.3 is 30.1 Å². The van der Waals surface area contributed by atoms with Gasteiger partial charge in [0.25, 0.3) is 0 Å². The van der Waals surface area contributed by atoms with Crippen LogP contribution in [0.25, 0.3) is 21.6 Å². The van der Waals surface area contributed by atoms with E-state index in [2.05, 4.69) is 10.6 Å². The van der Waals surface area contributed by atoms with Crippen molar-refractivity contribution in [2.45, 2.75) is 100 Å². The lowest BCUT2D eigenvalue weighted by atomic mass is 10.0. The monoisotopic (exact) mass is 687 g/mol. The third-order valence-corrected chi connectivity index (χ3v) is 10.9. The standard InChI is InChI=1S/C36H41N5O7S/c42-31-28-19-24(47-32-30(29-17-10-18-49-29)37-25-14-8-9-15-26(25)38-32)21-41(28)33(43)27(39-35(46)48-23-12-6-7-13-23)16-5-3-1-2-4-11-22-20-36(22,40-31)34(44)45/h4,8-11,14-15,17-18,22-24,27-28H,1-3,5-7,12-13,16,19-21H2,(H,39,46)(H,40,42)(H,44,45)/t22-,24-,27+,28+,36-/m1/s1. The summed E-state index contributed by atoms with van der Waals surface area (Å²) in [6, 6.07) is 9.37. The predicted molar refractivity (Wildman–Crippen MR) is 182 cm³/mol. The van der Waals surface area contributed by atoms with Gasteiger partial charge in [-0.3, -0.25) is 9.59 Å². The Labute approximate surface area is 288 Å². The maximum absolute atomic E-state index is 14.4. The molecule has 2 aliphatic carbocycles. The minimum Gasteiger partial charge on any atom is -0.479 e. The maximum Gasteiger partial charge on any atom is 0.408 e. The molecule has 2 saturated carbocycles. The average molecular weight is 688 g/mol. The lowest BCUT2D eigenvalue weighted by Crippen LogP contribution is -2.56. The van der Waals surface area contributed by atoms with Gasteiger partial charge in [0.05, 0.1) is 22.5 Å². The number of rotatable bonds is 6. The van der Waals surface area contributed by atoms with Crippen molar-refractivity contribution < 1.29 is 33.8 Å². The van der Waals surface area contributed by atoms with Gasteiger partial charge in [-0.1, -0.05) is 43.2 Å². The first-order valence-corrected chi connectivity index (χ1v) is 18.2. The Bertz CT molecular complexity index is 1740. The van der Waals surface area contributed by atoms with E-state index in [4.69, 9.17) is 19.4 Å². The summed E-state index contributed by atoms with van der Waals surface area (Å²) in [5.74, 6) is -2.15. The highest BCUT2D eigenvalue weighted by molar-refractivity contribution is 7.13. The SMILES string of the molecule is O=C(N[C@H]1CCCCCC=C[C@@H]2C[C@@]2(C(=O)O)NC(=O)[C@@H]2C[C@@H](Oc3nc4ccccc4nc3-c3cccs3)CN2C1=O)OC1CCCC1. The summed E-state index contributed by atoms with van der Waals surface area (Å²) in [6.07, 6.45) is 9.83. The average Bonchev–Trinajstić information content (AvgIpc) is 3.58. The number of carbonyl (C=O) groups is 4. The van der Waals surface area contributed by atoms with Crippen LogP contribution in [0.4, 0.5) is 4.79 Å². The number of ether oxygens (including phenoxy) is 2. The van der Waals surface area contributed by atoms with Crippen molar-refractivity contribution in [2.24, 2.45) is 5.92 Å². The number of aliphatic carboxylic acids is 1. The van der Waals surface area contributed by atoms with Gasteiger partial charge in [0.15, 0.2) is 0 Å². The second kappa shape index (κ2) is 14.1. The van der Waals surface area contributed by atoms with E-state index in [1.807, 2.05) is 53.9 Å². The lowest BCUT2D eigenvalue weighted by molar-refractivity contribution is -0.145. The van der Waals surface area contributed by atoms with E-state index in [0.717, 1.165) is 49.8 Å². The summed E-state index contributed by atoms with van der Waals surface area (Å²) in [5.41, 5.74) is 0.471. The molecule has 0 radical (unpaired) electrons. The molecule has 49 heavy (non-hydrogen) atoms. The minimum absolute atomic E-state index is 0.0363.